The molecule has 124 valence electrons. The average Bonchev–Trinajstić information content (AvgIpc) is 3.21. The first-order valence-corrected chi connectivity index (χ1v) is 7.60. The zero-order chi connectivity index (χ0) is 16.7. The summed E-state index contributed by atoms with van der Waals surface area (Å²) in [5.41, 5.74) is 1.69. The Morgan fingerprint density at radius 3 is 2.67 bits per heavy atom. The van der Waals surface area contributed by atoms with Crippen LogP contribution in [0, 0.1) is 0 Å². The Bertz CT molecular complexity index is 800. The molecule has 0 spiro atoms. The summed E-state index contributed by atoms with van der Waals surface area (Å²) in [6.45, 7) is 0.504. The van der Waals surface area contributed by atoms with Gasteiger partial charge in [-0.1, -0.05) is 12.1 Å². The number of hydrogen-bond donors (Lipinski definition) is 1. The van der Waals surface area contributed by atoms with E-state index in [0.29, 0.717) is 23.9 Å². The van der Waals surface area contributed by atoms with Crippen LogP contribution in [-0.4, -0.2) is 31.6 Å². The van der Waals surface area contributed by atoms with Crippen LogP contribution in [0.3, 0.4) is 0 Å². The Morgan fingerprint density at radius 1 is 1.04 bits per heavy atom. The van der Waals surface area contributed by atoms with Gasteiger partial charge in [0, 0.05) is 5.92 Å². The van der Waals surface area contributed by atoms with Crippen molar-refractivity contribution in [3.05, 3.63) is 47.5 Å². The zero-order valence-electron chi connectivity index (χ0n) is 13.0. The molecule has 24 heavy (non-hydrogen) atoms. The van der Waals surface area contributed by atoms with Crippen LogP contribution >= 0.6 is 0 Å². The largest absolute Gasteiger partial charge is 0.504 e. The van der Waals surface area contributed by atoms with E-state index < -0.39 is 5.92 Å². The maximum absolute atomic E-state index is 12.3. The molecule has 2 atom stereocenters. The maximum Gasteiger partial charge on any atom is 0.314 e. The van der Waals surface area contributed by atoms with Crippen molar-refractivity contribution < 1.29 is 28.8 Å². The fourth-order valence-electron chi connectivity index (χ4n) is 3.21. The van der Waals surface area contributed by atoms with Gasteiger partial charge in [0.25, 0.3) is 0 Å². The summed E-state index contributed by atoms with van der Waals surface area (Å²) in [5.74, 6) is 0.858. The van der Waals surface area contributed by atoms with Crippen molar-refractivity contribution >= 4 is 5.97 Å². The lowest BCUT2D eigenvalue weighted by molar-refractivity contribution is -0.139. The summed E-state index contributed by atoms with van der Waals surface area (Å²) in [7, 11) is 1.47. The highest BCUT2D eigenvalue weighted by Crippen LogP contribution is 2.44. The number of cyclic esters (lactones) is 1. The van der Waals surface area contributed by atoms with E-state index in [1.807, 2.05) is 18.2 Å². The van der Waals surface area contributed by atoms with E-state index in [-0.39, 0.29) is 24.4 Å². The van der Waals surface area contributed by atoms with E-state index in [0.717, 1.165) is 11.1 Å². The molecule has 0 unspecified atom stereocenters. The predicted octanol–water partition coefficient (Wildman–Crippen LogP) is 2.55. The van der Waals surface area contributed by atoms with Crippen LogP contribution in [0.25, 0.3) is 0 Å². The van der Waals surface area contributed by atoms with E-state index in [4.69, 9.17) is 18.9 Å². The van der Waals surface area contributed by atoms with Gasteiger partial charge < -0.3 is 24.1 Å². The Balaban J connectivity index is 1.72. The predicted molar refractivity (Wildman–Crippen MR) is 83.7 cm³/mol. The normalized spacial score (nSPS) is 21.6. The van der Waals surface area contributed by atoms with E-state index >= 15 is 0 Å². The molecule has 1 fully saturated rings. The van der Waals surface area contributed by atoms with Gasteiger partial charge in [0.15, 0.2) is 23.0 Å². The van der Waals surface area contributed by atoms with Crippen LogP contribution in [0.15, 0.2) is 36.4 Å². The molecule has 2 aromatic rings. The highest BCUT2D eigenvalue weighted by molar-refractivity contribution is 5.82. The number of aromatic hydroxyl groups is 1. The fraction of sp³-hybridized carbons (Fsp3) is 0.278. The Hall–Kier alpha value is -2.89. The van der Waals surface area contributed by atoms with Crippen LogP contribution in [0.4, 0.5) is 0 Å². The molecule has 0 amide bonds. The molecule has 2 aromatic carbocycles. The van der Waals surface area contributed by atoms with E-state index in [1.54, 1.807) is 12.1 Å². The summed E-state index contributed by atoms with van der Waals surface area (Å²) in [6, 6.07) is 10.6. The SMILES string of the molecule is COc1cc([C@@H]2C(=O)OC[C@H]2c2ccc3c(c2)OCO3)ccc1O. The van der Waals surface area contributed by atoms with Gasteiger partial charge in [-0.25, -0.2) is 0 Å². The third-order valence-electron chi connectivity index (χ3n) is 4.45. The van der Waals surface area contributed by atoms with Crippen LogP contribution < -0.4 is 14.2 Å². The highest BCUT2D eigenvalue weighted by atomic mass is 16.7. The first kappa shape index (κ1) is 14.7. The van der Waals surface area contributed by atoms with Gasteiger partial charge in [-0.2, -0.15) is 0 Å². The van der Waals surface area contributed by atoms with Crippen LogP contribution in [-0.2, 0) is 9.53 Å². The summed E-state index contributed by atoms with van der Waals surface area (Å²) >= 11 is 0. The topological polar surface area (TPSA) is 74.2 Å². The quantitative estimate of drug-likeness (QED) is 0.873. The summed E-state index contributed by atoms with van der Waals surface area (Å²) in [4.78, 5) is 12.3. The standard InChI is InChI=1S/C18H16O6/c1-21-15-7-11(2-4-13(15)19)17-12(8-22-18(17)20)10-3-5-14-16(6-10)24-9-23-14/h2-7,12,17,19H,8-9H2,1H3/t12-,17-/m0/s1. The molecule has 0 radical (unpaired) electrons. The number of carbonyl (C=O) groups is 1. The highest BCUT2D eigenvalue weighted by Gasteiger charge is 2.40. The molecule has 0 bridgehead atoms. The van der Waals surface area contributed by atoms with Gasteiger partial charge in [0.05, 0.1) is 19.6 Å². The van der Waals surface area contributed by atoms with Gasteiger partial charge in [0.1, 0.15) is 0 Å². The molecule has 6 heteroatoms. The van der Waals surface area contributed by atoms with Crippen molar-refractivity contribution in [2.75, 3.05) is 20.5 Å². The minimum Gasteiger partial charge on any atom is -0.504 e. The van der Waals surface area contributed by atoms with Crippen LogP contribution in [0.2, 0.25) is 0 Å². The number of fused-ring (bicyclic) bond motifs is 1. The van der Waals surface area contributed by atoms with Crippen LogP contribution in [0.1, 0.15) is 23.0 Å². The Kier molecular flexibility index (Phi) is 3.45. The second kappa shape index (κ2) is 5.63. The van der Waals surface area contributed by atoms with Gasteiger partial charge in [0.2, 0.25) is 6.79 Å². The number of phenolic OH excluding ortho intramolecular Hbond substituents is 1. The second-order valence-corrected chi connectivity index (χ2v) is 5.76. The van der Waals surface area contributed by atoms with Crippen molar-refractivity contribution in [3.63, 3.8) is 0 Å². The molecular formula is C18H16O6. The molecule has 2 aliphatic heterocycles. The zero-order valence-corrected chi connectivity index (χ0v) is 13.0. The van der Waals surface area contributed by atoms with Gasteiger partial charge in [-0.05, 0) is 35.4 Å². The van der Waals surface area contributed by atoms with Crippen molar-refractivity contribution in [1.82, 2.24) is 0 Å². The molecule has 1 saturated heterocycles. The number of esters is 1. The summed E-state index contributed by atoms with van der Waals surface area (Å²) in [5, 5.41) is 9.76. The summed E-state index contributed by atoms with van der Waals surface area (Å²) < 4.78 is 21.2. The number of hydrogen-bond acceptors (Lipinski definition) is 6. The van der Waals surface area contributed by atoms with Crippen molar-refractivity contribution in [2.45, 2.75) is 11.8 Å². The lowest BCUT2D eigenvalue weighted by Crippen LogP contribution is -2.12. The maximum atomic E-state index is 12.3. The number of phenols is 1. The number of carbonyl (C=O) groups excluding carboxylic acids is 1. The minimum absolute atomic E-state index is 0.0345. The molecule has 1 N–H and O–H groups in total. The van der Waals surface area contributed by atoms with Gasteiger partial charge in [-0.3, -0.25) is 4.79 Å². The van der Waals surface area contributed by atoms with Gasteiger partial charge in [-0.15, -0.1) is 0 Å². The lowest BCUT2D eigenvalue weighted by atomic mass is 9.83. The van der Waals surface area contributed by atoms with E-state index in [1.165, 1.54) is 13.2 Å². The number of methoxy groups -OCH3 is 1. The molecule has 2 aliphatic rings. The molecule has 6 nitrogen and oxygen atoms in total. The number of rotatable bonds is 3. The molecule has 0 aliphatic carbocycles. The van der Waals surface area contributed by atoms with E-state index in [2.05, 4.69) is 0 Å². The minimum atomic E-state index is -0.458. The van der Waals surface area contributed by atoms with Crippen molar-refractivity contribution in [2.24, 2.45) is 0 Å². The molecule has 0 aromatic heterocycles. The van der Waals surface area contributed by atoms with E-state index in [9.17, 15) is 9.90 Å². The average molecular weight is 328 g/mol. The smallest absolute Gasteiger partial charge is 0.314 e. The molecular weight excluding hydrogens is 312 g/mol. The van der Waals surface area contributed by atoms with Crippen molar-refractivity contribution in [3.8, 4) is 23.0 Å². The van der Waals surface area contributed by atoms with Crippen LogP contribution in [0.5, 0.6) is 23.0 Å². The molecule has 4 rings (SSSR count). The van der Waals surface area contributed by atoms with Gasteiger partial charge >= 0.3 is 5.97 Å². The molecule has 2 heterocycles. The third-order valence-corrected chi connectivity index (χ3v) is 4.45. The third kappa shape index (κ3) is 2.31. The molecule has 0 saturated carbocycles. The lowest BCUT2D eigenvalue weighted by Gasteiger charge is -2.17. The Morgan fingerprint density at radius 2 is 1.83 bits per heavy atom. The first-order valence-electron chi connectivity index (χ1n) is 7.60. The number of benzene rings is 2. The van der Waals surface area contributed by atoms with Crippen molar-refractivity contribution in [1.29, 1.82) is 0 Å². The summed E-state index contributed by atoms with van der Waals surface area (Å²) in [6.07, 6.45) is 0. The first-order chi connectivity index (χ1) is 11.7. The second-order valence-electron chi connectivity index (χ2n) is 5.76. The Labute approximate surface area is 138 Å². The number of ether oxygens (including phenoxy) is 4. The monoisotopic (exact) mass is 328 g/mol. The fourth-order valence-corrected chi connectivity index (χ4v) is 3.21.